The molecule has 17 heavy (non-hydrogen) atoms. The van der Waals surface area contributed by atoms with Crippen molar-refractivity contribution in [3.05, 3.63) is 44.6 Å². The molecule has 0 unspecified atom stereocenters. The van der Waals surface area contributed by atoms with Crippen LogP contribution in [0.25, 0.3) is 11.1 Å². The van der Waals surface area contributed by atoms with Crippen LogP contribution in [0, 0.1) is 0 Å². The van der Waals surface area contributed by atoms with Crippen LogP contribution in [0.4, 0.5) is 0 Å². The van der Waals surface area contributed by atoms with Crippen molar-refractivity contribution in [3.63, 3.8) is 0 Å². The van der Waals surface area contributed by atoms with E-state index in [4.69, 9.17) is 46.4 Å². The van der Waals surface area contributed by atoms with Crippen molar-refractivity contribution in [3.8, 4) is 16.9 Å². The van der Waals surface area contributed by atoms with Crippen molar-refractivity contribution in [1.29, 1.82) is 0 Å². The predicted octanol–water partition coefficient (Wildman–Crippen LogP) is 5.07. The van der Waals surface area contributed by atoms with E-state index in [0.29, 0.717) is 26.2 Å². The number of hydrogen-bond acceptors (Lipinski definition) is 2. The zero-order valence-corrected chi connectivity index (χ0v) is 11.2. The minimum absolute atomic E-state index is 0.00783. The van der Waals surface area contributed by atoms with Gasteiger partial charge in [-0.2, -0.15) is 0 Å². The third-order valence-corrected chi connectivity index (χ3v) is 3.46. The van der Waals surface area contributed by atoms with Crippen molar-refractivity contribution in [2.24, 2.45) is 0 Å². The summed E-state index contributed by atoms with van der Waals surface area (Å²) in [6.07, 6.45) is 1.25. The van der Waals surface area contributed by atoms with E-state index in [-0.39, 0.29) is 10.9 Å². The Morgan fingerprint density at radius 2 is 1.47 bits per heavy atom. The first-order valence-corrected chi connectivity index (χ1v) is 5.99. The number of aromatic hydroxyl groups is 1. The van der Waals surface area contributed by atoms with Crippen molar-refractivity contribution in [1.82, 2.24) is 4.98 Å². The maximum Gasteiger partial charge on any atom is 0.137 e. The third-order valence-electron chi connectivity index (χ3n) is 2.12. The molecule has 2 aromatic rings. The molecule has 0 fully saturated rings. The van der Waals surface area contributed by atoms with Crippen LogP contribution in [0.5, 0.6) is 5.75 Å². The van der Waals surface area contributed by atoms with Gasteiger partial charge < -0.3 is 5.11 Å². The van der Waals surface area contributed by atoms with Crippen LogP contribution in [0.2, 0.25) is 20.2 Å². The summed E-state index contributed by atoms with van der Waals surface area (Å²) in [4.78, 5) is 3.83. The largest absolute Gasteiger partial charge is 0.506 e. The van der Waals surface area contributed by atoms with E-state index in [1.54, 1.807) is 6.07 Å². The van der Waals surface area contributed by atoms with Crippen LogP contribution < -0.4 is 0 Å². The molecular weight excluding hydrogens is 304 g/mol. The fourth-order valence-corrected chi connectivity index (χ4v) is 2.21. The highest BCUT2D eigenvalue weighted by Gasteiger charge is 2.12. The first-order valence-electron chi connectivity index (χ1n) is 4.48. The maximum atomic E-state index is 9.39. The summed E-state index contributed by atoms with van der Waals surface area (Å²) in [6.45, 7) is 0. The van der Waals surface area contributed by atoms with E-state index >= 15 is 0 Å². The van der Waals surface area contributed by atoms with E-state index < -0.39 is 0 Å². The van der Waals surface area contributed by atoms with E-state index in [2.05, 4.69) is 4.98 Å². The van der Waals surface area contributed by atoms with Gasteiger partial charge in [-0.05, 0) is 18.2 Å². The lowest BCUT2D eigenvalue weighted by molar-refractivity contribution is 0.473. The molecule has 0 aliphatic heterocycles. The molecule has 1 N–H and O–H groups in total. The molecule has 1 aromatic heterocycles. The zero-order valence-electron chi connectivity index (χ0n) is 8.22. The predicted molar refractivity (Wildman–Crippen MR) is 71.4 cm³/mol. The lowest BCUT2D eigenvalue weighted by atomic mass is 10.1. The minimum Gasteiger partial charge on any atom is -0.506 e. The van der Waals surface area contributed by atoms with Crippen LogP contribution in [0.15, 0.2) is 24.4 Å². The fourth-order valence-electron chi connectivity index (χ4n) is 1.35. The first kappa shape index (κ1) is 12.8. The Morgan fingerprint density at radius 1 is 0.824 bits per heavy atom. The maximum absolute atomic E-state index is 9.39. The normalized spacial score (nSPS) is 10.6. The summed E-state index contributed by atoms with van der Waals surface area (Å²) in [5.41, 5.74) is 1.06. The van der Waals surface area contributed by atoms with Gasteiger partial charge >= 0.3 is 0 Å². The van der Waals surface area contributed by atoms with E-state index in [0.717, 1.165) is 0 Å². The number of aromatic nitrogens is 1. The number of hydrogen-bond donors (Lipinski definition) is 1. The van der Waals surface area contributed by atoms with Crippen molar-refractivity contribution >= 4 is 46.4 Å². The lowest BCUT2D eigenvalue weighted by Crippen LogP contribution is -1.85. The molecule has 0 aliphatic rings. The Hall–Kier alpha value is -0.670. The molecule has 0 radical (unpaired) electrons. The average molecular weight is 309 g/mol. The van der Waals surface area contributed by atoms with Gasteiger partial charge in [0.15, 0.2) is 0 Å². The third kappa shape index (κ3) is 2.61. The molecule has 2 nitrogen and oxygen atoms in total. The molecule has 88 valence electrons. The minimum atomic E-state index is -0.00783. The van der Waals surface area contributed by atoms with Gasteiger partial charge in [0.1, 0.15) is 10.9 Å². The monoisotopic (exact) mass is 307 g/mol. The molecule has 0 spiro atoms. The van der Waals surface area contributed by atoms with Crippen molar-refractivity contribution in [2.75, 3.05) is 0 Å². The second kappa shape index (κ2) is 4.91. The Morgan fingerprint density at radius 3 is 2.18 bits per heavy atom. The summed E-state index contributed by atoms with van der Waals surface area (Å²) in [6, 6.07) is 4.55. The molecule has 6 heteroatoms. The van der Waals surface area contributed by atoms with Crippen LogP contribution in [0.1, 0.15) is 0 Å². The quantitative estimate of drug-likeness (QED) is 0.589. The Bertz CT molecular complexity index is 586. The Labute approximate surface area is 118 Å². The topological polar surface area (TPSA) is 33.1 Å². The van der Waals surface area contributed by atoms with Crippen LogP contribution in [-0.4, -0.2) is 10.1 Å². The smallest absolute Gasteiger partial charge is 0.137 e. The average Bonchev–Trinajstić information content (AvgIpc) is 2.27. The highest BCUT2D eigenvalue weighted by Crippen LogP contribution is 2.38. The zero-order chi connectivity index (χ0) is 12.6. The van der Waals surface area contributed by atoms with Gasteiger partial charge in [0.2, 0.25) is 0 Å². The molecule has 1 heterocycles. The molecule has 0 saturated carbocycles. The second-order valence-electron chi connectivity index (χ2n) is 3.28. The Kier molecular flexibility index (Phi) is 3.69. The molecule has 0 aliphatic carbocycles. The SMILES string of the molecule is Oc1cnc(Cl)c(-c2cc(Cl)c(Cl)cc2Cl)c1. The molecular formula is C11H5Cl4NO. The fraction of sp³-hybridized carbons (Fsp3) is 0. The number of halogens is 4. The summed E-state index contributed by atoms with van der Waals surface area (Å²) in [5.74, 6) is -0.00783. The number of pyridine rings is 1. The highest BCUT2D eigenvalue weighted by molar-refractivity contribution is 6.44. The lowest BCUT2D eigenvalue weighted by Gasteiger charge is -2.08. The van der Waals surface area contributed by atoms with Gasteiger partial charge in [0.05, 0.1) is 21.3 Å². The van der Waals surface area contributed by atoms with Crippen LogP contribution >= 0.6 is 46.4 Å². The second-order valence-corrected chi connectivity index (χ2v) is 4.86. The molecule has 0 amide bonds. The van der Waals surface area contributed by atoms with Gasteiger partial charge in [0, 0.05) is 11.1 Å². The van der Waals surface area contributed by atoms with Gasteiger partial charge in [-0.3, -0.25) is 0 Å². The van der Waals surface area contributed by atoms with Gasteiger partial charge in [-0.1, -0.05) is 46.4 Å². The first-order chi connectivity index (χ1) is 7.99. The number of nitrogens with zero attached hydrogens (tertiary/aromatic N) is 1. The summed E-state index contributed by atoms with van der Waals surface area (Å²) >= 11 is 23.7. The summed E-state index contributed by atoms with van der Waals surface area (Å²) in [5, 5.41) is 10.7. The van der Waals surface area contributed by atoms with Gasteiger partial charge in [-0.25, -0.2) is 4.98 Å². The number of benzene rings is 1. The number of rotatable bonds is 1. The van der Waals surface area contributed by atoms with Gasteiger partial charge in [-0.15, -0.1) is 0 Å². The van der Waals surface area contributed by atoms with Gasteiger partial charge in [0.25, 0.3) is 0 Å². The van der Waals surface area contributed by atoms with E-state index in [1.165, 1.54) is 18.3 Å². The molecule has 1 aromatic carbocycles. The molecule has 0 bridgehead atoms. The van der Waals surface area contributed by atoms with Crippen molar-refractivity contribution < 1.29 is 5.11 Å². The van der Waals surface area contributed by atoms with Crippen LogP contribution in [0.3, 0.4) is 0 Å². The summed E-state index contributed by atoms with van der Waals surface area (Å²) in [7, 11) is 0. The summed E-state index contributed by atoms with van der Waals surface area (Å²) < 4.78 is 0. The Balaban J connectivity index is 2.68. The molecule has 0 saturated heterocycles. The molecule has 0 atom stereocenters. The standard InChI is InChI=1S/C11H5Cl4NO/c12-8-3-10(14)9(13)2-6(8)7-1-5(17)4-16-11(7)15/h1-4,17H. The van der Waals surface area contributed by atoms with E-state index in [9.17, 15) is 5.11 Å². The highest BCUT2D eigenvalue weighted by atomic mass is 35.5. The van der Waals surface area contributed by atoms with Crippen LogP contribution in [-0.2, 0) is 0 Å². The molecule has 2 rings (SSSR count). The van der Waals surface area contributed by atoms with Crippen molar-refractivity contribution in [2.45, 2.75) is 0 Å². The van der Waals surface area contributed by atoms with E-state index in [1.807, 2.05) is 0 Å².